The number of benzene rings is 2. The maximum Gasteiger partial charge on any atom is 0.407 e. The molecule has 0 bridgehead atoms. The third kappa shape index (κ3) is 8.62. The molecule has 6 rings (SSSR count). The number of carbonyl (C=O) groups is 1. The molecule has 16 heteroatoms. The molecule has 0 saturated carbocycles. The van der Waals surface area contributed by atoms with Crippen molar-refractivity contribution in [2.75, 3.05) is 26.2 Å². The van der Waals surface area contributed by atoms with Gasteiger partial charge in [-0.05, 0) is 58.6 Å². The zero-order chi connectivity index (χ0) is 35.6. The Morgan fingerprint density at radius 3 is 1.80 bits per heavy atom. The molecule has 0 radical (unpaired) electrons. The summed E-state index contributed by atoms with van der Waals surface area (Å²) in [7, 11) is -7.39. The number of nitrogens with zero attached hydrogens (tertiary/aromatic N) is 4. The molecule has 0 aliphatic carbocycles. The maximum absolute atomic E-state index is 13.3. The molecule has 4 aromatic rings. The number of halogens is 2. The highest BCUT2D eigenvalue weighted by atomic mass is 35.5. The molecular formula is C33H40Cl2N6O6S2. The molecule has 12 nitrogen and oxygen atoms in total. The number of alkyl carbamates (subject to hydrolysis) is 1. The van der Waals surface area contributed by atoms with Crippen LogP contribution in [0.15, 0.2) is 71.0 Å². The number of hydrogen-bond acceptors (Lipinski definition) is 9. The number of carbonyl (C=O) groups excluding carboxylic acids is 1. The van der Waals surface area contributed by atoms with E-state index in [0.717, 1.165) is 12.8 Å². The number of fused-ring (bicyclic) bond motifs is 2. The number of pyridine rings is 2. The Morgan fingerprint density at radius 1 is 0.816 bits per heavy atom. The summed E-state index contributed by atoms with van der Waals surface area (Å²) in [6.45, 7) is 6.75. The average molecular weight is 752 g/mol. The van der Waals surface area contributed by atoms with Gasteiger partial charge >= 0.3 is 6.09 Å². The lowest BCUT2D eigenvalue weighted by Gasteiger charge is -2.33. The smallest absolute Gasteiger partial charge is 0.407 e. The molecule has 0 unspecified atom stereocenters. The van der Waals surface area contributed by atoms with Crippen LogP contribution in [-0.4, -0.2) is 85.4 Å². The van der Waals surface area contributed by atoms with Crippen LogP contribution in [0.3, 0.4) is 0 Å². The Bertz CT molecular complexity index is 2050. The molecule has 49 heavy (non-hydrogen) atoms. The minimum atomic E-state index is -3.79. The number of aromatic nitrogens is 2. The molecule has 264 valence electrons. The van der Waals surface area contributed by atoms with E-state index in [1.807, 2.05) is 0 Å². The SMILES string of the molecule is CC(C)(C)OC(=O)N[C@H]1CCCN(S(=O)(=O)c2cccc3cncc(Cl)c23)C1.N[C@H]1CCCN(S(=O)(=O)c2cccc3cncc(Cl)c23)C1. The zero-order valence-corrected chi connectivity index (χ0v) is 30.6. The molecule has 3 N–H and O–H groups in total. The van der Waals surface area contributed by atoms with Gasteiger partial charge in [0.25, 0.3) is 0 Å². The lowest BCUT2D eigenvalue weighted by Crippen LogP contribution is -2.50. The van der Waals surface area contributed by atoms with Crippen molar-refractivity contribution in [1.82, 2.24) is 23.9 Å². The van der Waals surface area contributed by atoms with Crippen molar-refractivity contribution in [3.63, 3.8) is 0 Å². The molecule has 2 saturated heterocycles. The van der Waals surface area contributed by atoms with Gasteiger partial charge in [0.05, 0.1) is 19.8 Å². The molecular weight excluding hydrogens is 711 g/mol. The van der Waals surface area contributed by atoms with Gasteiger partial charge < -0.3 is 15.8 Å². The van der Waals surface area contributed by atoms with Crippen LogP contribution in [0.5, 0.6) is 0 Å². The standard InChI is InChI=1S/C19H24ClN3O4S.C14H16ClN3O2S/c1-19(2,3)27-18(24)22-14-7-5-9-23(12-14)28(25,26)16-8-4-6-13-10-21-11-15(20)17(13)16;15-12-8-17-7-10-3-1-5-13(14(10)12)21(19,20)18-6-2-4-11(16)9-18/h4,6,8,10-11,14H,5,7,9,12H2,1-3H3,(H,22,24);1,3,5,7-8,11H,2,4,6,9,16H2/t14-;11-/m00/s1. The fourth-order valence-electron chi connectivity index (χ4n) is 5.97. The molecule has 2 aromatic carbocycles. The van der Waals surface area contributed by atoms with E-state index >= 15 is 0 Å². The summed E-state index contributed by atoms with van der Waals surface area (Å²) in [6, 6.07) is 9.67. The largest absolute Gasteiger partial charge is 0.444 e. The Hall–Kier alpha value is -3.11. The van der Waals surface area contributed by atoms with E-state index in [1.165, 1.54) is 21.0 Å². The third-order valence-corrected chi connectivity index (χ3v) is 12.5. The topological polar surface area (TPSA) is 165 Å². The molecule has 2 fully saturated rings. The van der Waals surface area contributed by atoms with Crippen molar-refractivity contribution < 1.29 is 26.4 Å². The fourth-order valence-corrected chi connectivity index (χ4v) is 10.1. The second-order valence-electron chi connectivity index (χ2n) is 13.1. The first-order chi connectivity index (χ1) is 23.1. The van der Waals surface area contributed by atoms with E-state index in [9.17, 15) is 21.6 Å². The Kier molecular flexibility index (Phi) is 11.4. The monoisotopic (exact) mass is 750 g/mol. The van der Waals surface area contributed by atoms with Gasteiger partial charge in [-0.15, -0.1) is 0 Å². The molecule has 2 atom stereocenters. The molecule has 1 amide bonds. The van der Waals surface area contributed by atoms with E-state index in [-0.39, 0.29) is 33.4 Å². The summed E-state index contributed by atoms with van der Waals surface area (Å²) in [4.78, 5) is 20.4. The minimum absolute atomic E-state index is 0.111. The molecule has 4 heterocycles. The lowest BCUT2D eigenvalue weighted by molar-refractivity contribution is 0.0487. The van der Waals surface area contributed by atoms with Crippen molar-refractivity contribution in [3.05, 3.63) is 71.2 Å². The summed E-state index contributed by atoms with van der Waals surface area (Å²) in [5, 5.41) is 5.76. The van der Waals surface area contributed by atoms with Crippen LogP contribution >= 0.6 is 23.2 Å². The summed E-state index contributed by atoms with van der Waals surface area (Å²) < 4.78 is 60.5. The predicted octanol–water partition coefficient (Wildman–Crippen LogP) is 5.57. The van der Waals surface area contributed by atoms with E-state index in [0.29, 0.717) is 59.0 Å². The second-order valence-corrected chi connectivity index (χ2v) is 17.7. The van der Waals surface area contributed by atoms with E-state index in [1.54, 1.807) is 69.6 Å². The number of sulfonamides is 2. The summed E-state index contributed by atoms with van der Waals surface area (Å²) in [6.07, 6.45) is 8.51. The number of nitrogens with one attached hydrogen (secondary N) is 1. The zero-order valence-electron chi connectivity index (χ0n) is 27.5. The van der Waals surface area contributed by atoms with Crippen LogP contribution in [0, 0.1) is 0 Å². The van der Waals surface area contributed by atoms with Crippen molar-refractivity contribution in [2.24, 2.45) is 5.73 Å². The van der Waals surface area contributed by atoms with Gasteiger partial charge in [0.1, 0.15) is 5.60 Å². The van der Waals surface area contributed by atoms with Crippen LogP contribution in [0.1, 0.15) is 46.5 Å². The second kappa shape index (κ2) is 15.0. The third-order valence-electron chi connectivity index (χ3n) is 8.16. The minimum Gasteiger partial charge on any atom is -0.444 e. The summed E-state index contributed by atoms with van der Waals surface area (Å²) in [5.41, 5.74) is 5.29. The van der Waals surface area contributed by atoms with Crippen molar-refractivity contribution >= 4 is 70.9 Å². The van der Waals surface area contributed by atoms with Crippen LogP contribution in [0.25, 0.3) is 21.5 Å². The number of amides is 1. The molecule has 2 aromatic heterocycles. The van der Waals surface area contributed by atoms with Crippen LogP contribution in [-0.2, 0) is 24.8 Å². The number of piperidine rings is 2. The first kappa shape index (κ1) is 37.2. The number of rotatable bonds is 5. The molecule has 2 aliphatic heterocycles. The van der Waals surface area contributed by atoms with Gasteiger partial charge in [0.15, 0.2) is 0 Å². The molecule has 0 spiro atoms. The van der Waals surface area contributed by atoms with Crippen LogP contribution < -0.4 is 11.1 Å². The lowest BCUT2D eigenvalue weighted by atomic mass is 10.1. The highest BCUT2D eigenvalue weighted by Crippen LogP contribution is 2.33. The number of hydrogen-bond donors (Lipinski definition) is 2. The van der Waals surface area contributed by atoms with Gasteiger partial charge in [0.2, 0.25) is 20.0 Å². The van der Waals surface area contributed by atoms with Gasteiger partial charge in [0, 0.05) is 84.6 Å². The van der Waals surface area contributed by atoms with Crippen LogP contribution in [0.2, 0.25) is 10.0 Å². The number of ether oxygens (including phenoxy) is 1. The fraction of sp³-hybridized carbons (Fsp3) is 0.424. The maximum atomic E-state index is 13.3. The Morgan fingerprint density at radius 2 is 1.31 bits per heavy atom. The highest BCUT2D eigenvalue weighted by Gasteiger charge is 2.33. The number of nitrogens with two attached hydrogens (primary N) is 1. The first-order valence-corrected chi connectivity index (χ1v) is 19.5. The summed E-state index contributed by atoms with van der Waals surface area (Å²) >= 11 is 12.4. The van der Waals surface area contributed by atoms with E-state index < -0.39 is 31.7 Å². The van der Waals surface area contributed by atoms with Crippen LogP contribution in [0.4, 0.5) is 4.79 Å². The van der Waals surface area contributed by atoms with Crippen molar-refractivity contribution in [2.45, 2.75) is 73.9 Å². The van der Waals surface area contributed by atoms with Gasteiger partial charge in [-0.1, -0.05) is 47.5 Å². The van der Waals surface area contributed by atoms with E-state index in [4.69, 9.17) is 33.7 Å². The quantitative estimate of drug-likeness (QED) is 0.266. The Balaban J connectivity index is 0.000000199. The predicted molar refractivity (Wildman–Crippen MR) is 191 cm³/mol. The van der Waals surface area contributed by atoms with Gasteiger partial charge in [-0.3, -0.25) is 9.97 Å². The van der Waals surface area contributed by atoms with Crippen molar-refractivity contribution in [1.29, 1.82) is 0 Å². The highest BCUT2D eigenvalue weighted by molar-refractivity contribution is 7.89. The van der Waals surface area contributed by atoms with Gasteiger partial charge in [-0.2, -0.15) is 8.61 Å². The molecule has 2 aliphatic rings. The van der Waals surface area contributed by atoms with Crippen molar-refractivity contribution in [3.8, 4) is 0 Å². The first-order valence-electron chi connectivity index (χ1n) is 15.9. The van der Waals surface area contributed by atoms with Gasteiger partial charge in [-0.25, -0.2) is 21.6 Å². The average Bonchev–Trinajstić information content (AvgIpc) is 3.04. The normalized spacial score (nSPS) is 19.6. The Labute approximate surface area is 297 Å². The van der Waals surface area contributed by atoms with E-state index in [2.05, 4.69) is 15.3 Å². The summed E-state index contributed by atoms with van der Waals surface area (Å²) in [5.74, 6) is 0.